The van der Waals surface area contributed by atoms with E-state index in [-0.39, 0.29) is 5.54 Å². The highest BCUT2D eigenvalue weighted by Gasteiger charge is 2.44. The first-order valence-electron chi connectivity index (χ1n) is 12.4. The Morgan fingerprint density at radius 2 is 1.97 bits per heavy atom. The Balaban J connectivity index is 1.37. The van der Waals surface area contributed by atoms with Gasteiger partial charge in [0.2, 0.25) is 0 Å². The van der Waals surface area contributed by atoms with Gasteiger partial charge in [-0.15, -0.1) is 0 Å². The van der Waals surface area contributed by atoms with Crippen LogP contribution in [-0.4, -0.2) is 44.7 Å². The lowest BCUT2D eigenvalue weighted by Crippen LogP contribution is -2.43. The predicted molar refractivity (Wildman–Crippen MR) is 139 cm³/mol. The maximum absolute atomic E-state index is 9.99. The van der Waals surface area contributed by atoms with Crippen LogP contribution in [0.1, 0.15) is 42.3 Å². The first-order chi connectivity index (χ1) is 17.5. The molecule has 5 heterocycles. The van der Waals surface area contributed by atoms with Gasteiger partial charge in [0.05, 0.1) is 40.0 Å². The van der Waals surface area contributed by atoms with Crippen molar-refractivity contribution in [2.24, 2.45) is 7.05 Å². The van der Waals surface area contributed by atoms with Gasteiger partial charge in [-0.3, -0.25) is 4.90 Å². The van der Waals surface area contributed by atoms with Crippen molar-refractivity contribution >= 4 is 22.5 Å². The molecule has 0 bridgehead atoms. The molecule has 2 aliphatic rings. The minimum absolute atomic E-state index is 0.0159. The van der Waals surface area contributed by atoms with E-state index in [1.54, 1.807) is 0 Å². The lowest BCUT2D eigenvalue weighted by atomic mass is 9.84. The molecule has 8 nitrogen and oxygen atoms in total. The van der Waals surface area contributed by atoms with Gasteiger partial charge in [-0.2, -0.15) is 5.26 Å². The zero-order valence-corrected chi connectivity index (χ0v) is 20.9. The Kier molecular flexibility index (Phi) is 5.47. The van der Waals surface area contributed by atoms with Crippen molar-refractivity contribution in [1.82, 2.24) is 24.4 Å². The fourth-order valence-corrected chi connectivity index (χ4v) is 5.78. The van der Waals surface area contributed by atoms with E-state index < -0.39 is 0 Å². The van der Waals surface area contributed by atoms with Gasteiger partial charge < -0.3 is 14.6 Å². The Labute approximate surface area is 210 Å². The van der Waals surface area contributed by atoms with Gasteiger partial charge in [0.15, 0.2) is 5.69 Å². The van der Waals surface area contributed by atoms with Gasteiger partial charge in [0.1, 0.15) is 11.9 Å². The summed E-state index contributed by atoms with van der Waals surface area (Å²) < 4.78 is 7.63. The quantitative estimate of drug-likeness (QED) is 0.455. The second-order valence-corrected chi connectivity index (χ2v) is 9.70. The number of imidazole rings is 1. The third-order valence-corrected chi connectivity index (χ3v) is 7.77. The Morgan fingerprint density at radius 3 is 2.75 bits per heavy atom. The maximum atomic E-state index is 9.99. The van der Waals surface area contributed by atoms with Crippen LogP contribution in [0.4, 0.5) is 11.5 Å². The van der Waals surface area contributed by atoms with Crippen LogP contribution in [0, 0.1) is 11.3 Å². The van der Waals surface area contributed by atoms with Gasteiger partial charge in [-0.25, -0.2) is 15.0 Å². The van der Waals surface area contributed by atoms with Crippen molar-refractivity contribution in [3.05, 3.63) is 65.2 Å². The second kappa shape index (κ2) is 8.70. The minimum Gasteiger partial charge on any atom is -0.381 e. The molecule has 0 amide bonds. The molecule has 1 saturated heterocycles. The van der Waals surface area contributed by atoms with E-state index in [2.05, 4.69) is 41.3 Å². The molecule has 182 valence electrons. The molecule has 8 heteroatoms. The lowest BCUT2D eigenvalue weighted by molar-refractivity contribution is -0.0132. The number of nitrogens with one attached hydrogen (secondary N) is 1. The van der Waals surface area contributed by atoms with Crippen LogP contribution in [0.25, 0.3) is 22.3 Å². The highest BCUT2D eigenvalue weighted by atomic mass is 16.5. The standard InChI is InChI=1S/C28H29N7O/c1-4-18-14-21(22(15-29)33-26(18)19-6-5-7-24-27(19)30-17-34(24)2)31-25-9-8-20-23(32-25)16-35(3)28(20)10-12-36-13-11-28/h5-9,14,17H,4,10-13,16H2,1-3H3,(H,31,32). The van der Waals surface area contributed by atoms with Gasteiger partial charge in [-0.1, -0.05) is 25.1 Å². The topological polar surface area (TPSA) is 91.9 Å². The van der Waals surface area contributed by atoms with Crippen molar-refractivity contribution in [1.29, 1.82) is 5.26 Å². The molecule has 0 atom stereocenters. The Bertz CT molecular complexity index is 1510. The van der Waals surface area contributed by atoms with Crippen LogP contribution in [0.3, 0.4) is 0 Å². The molecule has 0 radical (unpaired) electrons. The number of ether oxygens (including phenoxy) is 1. The zero-order chi connectivity index (χ0) is 24.9. The second-order valence-electron chi connectivity index (χ2n) is 9.70. The summed E-state index contributed by atoms with van der Waals surface area (Å²) in [5.41, 5.74) is 8.13. The minimum atomic E-state index is 0.0159. The fraction of sp³-hybridized carbons (Fsp3) is 0.357. The molecule has 1 spiro atoms. The number of para-hydroxylation sites is 1. The van der Waals surface area contributed by atoms with E-state index >= 15 is 0 Å². The first kappa shape index (κ1) is 22.7. The summed E-state index contributed by atoms with van der Waals surface area (Å²) in [6.45, 7) is 4.46. The summed E-state index contributed by atoms with van der Waals surface area (Å²) in [5.74, 6) is 0.728. The summed E-state index contributed by atoms with van der Waals surface area (Å²) in [5, 5.41) is 13.4. The summed E-state index contributed by atoms with van der Waals surface area (Å²) in [6.07, 6.45) is 4.55. The van der Waals surface area contributed by atoms with Crippen LogP contribution in [0.5, 0.6) is 0 Å². The fourth-order valence-electron chi connectivity index (χ4n) is 5.78. The van der Waals surface area contributed by atoms with Gasteiger partial charge >= 0.3 is 0 Å². The number of rotatable bonds is 4. The van der Waals surface area contributed by atoms with E-state index in [1.165, 1.54) is 5.56 Å². The van der Waals surface area contributed by atoms with Crippen molar-refractivity contribution in [2.75, 3.05) is 25.6 Å². The van der Waals surface area contributed by atoms with Gasteiger partial charge in [-0.05, 0) is 55.6 Å². The first-order valence-corrected chi connectivity index (χ1v) is 12.4. The average Bonchev–Trinajstić information content (AvgIpc) is 3.41. The monoisotopic (exact) mass is 479 g/mol. The molecule has 1 aromatic carbocycles. The molecule has 0 aliphatic carbocycles. The number of hydrogen-bond acceptors (Lipinski definition) is 7. The number of hydrogen-bond donors (Lipinski definition) is 1. The van der Waals surface area contributed by atoms with Crippen molar-refractivity contribution in [3.8, 4) is 17.3 Å². The Hall–Kier alpha value is -3.80. The number of anilines is 2. The zero-order valence-electron chi connectivity index (χ0n) is 20.9. The molecule has 4 aromatic rings. The molecular formula is C28H29N7O. The largest absolute Gasteiger partial charge is 0.381 e. The van der Waals surface area contributed by atoms with Crippen molar-refractivity contribution < 1.29 is 4.74 Å². The van der Waals surface area contributed by atoms with Crippen molar-refractivity contribution in [3.63, 3.8) is 0 Å². The average molecular weight is 480 g/mol. The molecule has 36 heavy (non-hydrogen) atoms. The SMILES string of the molecule is CCc1cc(Nc2ccc3c(n2)CN(C)C32CCOCC2)c(C#N)nc1-c1cccc2c1ncn2C. The number of fused-ring (bicyclic) bond motifs is 3. The number of aryl methyl sites for hydroxylation is 2. The van der Waals surface area contributed by atoms with Crippen LogP contribution < -0.4 is 5.32 Å². The molecule has 1 fully saturated rings. The number of benzene rings is 1. The van der Waals surface area contributed by atoms with Crippen molar-refractivity contribution in [2.45, 2.75) is 38.3 Å². The van der Waals surface area contributed by atoms with E-state index in [0.717, 1.165) is 78.4 Å². The normalized spacial score (nSPS) is 16.8. The van der Waals surface area contributed by atoms with Gasteiger partial charge in [0.25, 0.3) is 0 Å². The number of pyridine rings is 2. The molecule has 0 saturated carbocycles. The highest BCUT2D eigenvalue weighted by molar-refractivity contribution is 5.92. The third-order valence-electron chi connectivity index (χ3n) is 7.77. The molecule has 1 N–H and O–H groups in total. The lowest BCUT2D eigenvalue weighted by Gasteiger charge is -2.40. The smallest absolute Gasteiger partial charge is 0.164 e. The summed E-state index contributed by atoms with van der Waals surface area (Å²) in [6, 6.07) is 14.6. The van der Waals surface area contributed by atoms with Gasteiger partial charge in [0, 0.05) is 32.4 Å². The maximum Gasteiger partial charge on any atom is 0.164 e. The van der Waals surface area contributed by atoms with E-state index in [1.807, 2.05) is 48.3 Å². The third kappa shape index (κ3) is 3.47. The molecule has 2 aliphatic heterocycles. The molecule has 6 rings (SSSR count). The Morgan fingerprint density at radius 1 is 1.14 bits per heavy atom. The van der Waals surface area contributed by atoms with Crippen LogP contribution in [0.2, 0.25) is 0 Å². The van der Waals surface area contributed by atoms with E-state index in [0.29, 0.717) is 11.4 Å². The van der Waals surface area contributed by atoms with Crippen LogP contribution in [0.15, 0.2) is 42.7 Å². The summed E-state index contributed by atoms with van der Waals surface area (Å²) in [7, 11) is 4.15. The molecule has 0 unspecified atom stereocenters. The van der Waals surface area contributed by atoms with E-state index in [4.69, 9.17) is 14.7 Å². The van der Waals surface area contributed by atoms with Crippen LogP contribution >= 0.6 is 0 Å². The summed E-state index contributed by atoms with van der Waals surface area (Å²) in [4.78, 5) is 16.8. The molecule has 3 aromatic heterocycles. The predicted octanol–water partition coefficient (Wildman–Crippen LogP) is 4.66. The number of nitriles is 1. The summed E-state index contributed by atoms with van der Waals surface area (Å²) >= 11 is 0. The van der Waals surface area contributed by atoms with Crippen LogP contribution in [-0.2, 0) is 30.3 Å². The highest BCUT2D eigenvalue weighted by Crippen LogP contribution is 2.45. The molecular weight excluding hydrogens is 450 g/mol. The van der Waals surface area contributed by atoms with E-state index in [9.17, 15) is 5.26 Å². The number of aromatic nitrogens is 4. The number of nitrogens with zero attached hydrogens (tertiary/aromatic N) is 6.